The van der Waals surface area contributed by atoms with Gasteiger partial charge < -0.3 is 18.3 Å². The summed E-state index contributed by atoms with van der Waals surface area (Å²) in [5, 5.41) is 31.8. The summed E-state index contributed by atoms with van der Waals surface area (Å²) in [7, 11) is 0. The Labute approximate surface area is 389 Å². The average Bonchev–Trinajstić information content (AvgIpc) is 4.12. The van der Waals surface area contributed by atoms with Crippen molar-refractivity contribution in [3.63, 3.8) is 0 Å². The van der Waals surface area contributed by atoms with Gasteiger partial charge in [-0.25, -0.2) is 0 Å². The molecule has 0 fully saturated rings. The lowest BCUT2D eigenvalue weighted by Crippen LogP contribution is -2.07. The fraction of sp³-hybridized carbons (Fsp3) is 0. The molecule has 5 heterocycles. The number of nitrogens with zero attached hydrogens (tertiary/aromatic N) is 7. The molecule has 0 atom stereocenters. The predicted molar refractivity (Wildman–Crippen MR) is 276 cm³/mol. The van der Waals surface area contributed by atoms with E-state index in [1.165, 1.54) is 0 Å². The number of pyridine rings is 1. The lowest BCUT2D eigenvalue weighted by molar-refractivity contribution is 1.12. The van der Waals surface area contributed by atoms with Crippen LogP contribution in [-0.2, 0) is 0 Å². The molecule has 0 spiro atoms. The molecule has 0 aliphatic heterocycles. The Morgan fingerprint density at radius 3 is 1.04 bits per heavy atom. The average molecular weight is 866 g/mol. The van der Waals surface area contributed by atoms with E-state index in [2.05, 4.69) is 211 Å². The van der Waals surface area contributed by atoms with Crippen molar-refractivity contribution in [2.45, 2.75) is 0 Å². The van der Waals surface area contributed by atoms with Gasteiger partial charge in [0, 0.05) is 78.0 Å². The van der Waals surface area contributed by atoms with E-state index in [1.807, 2.05) is 24.3 Å². The van der Waals surface area contributed by atoms with Crippen molar-refractivity contribution < 1.29 is 0 Å². The molecular formula is C61H35N7. The highest BCUT2D eigenvalue weighted by Crippen LogP contribution is 2.45. The summed E-state index contributed by atoms with van der Waals surface area (Å²) in [5.74, 6) is 0. The lowest BCUT2D eigenvalue weighted by atomic mass is 9.93. The van der Waals surface area contributed by atoms with Crippen molar-refractivity contribution in [3.05, 3.63) is 224 Å². The molecule has 0 saturated heterocycles. The number of hydrogen-bond acceptors (Lipinski definition) is 3. The summed E-state index contributed by atoms with van der Waals surface area (Å²) in [6.45, 7) is 0. The third-order valence-corrected chi connectivity index (χ3v) is 13.9. The SMILES string of the molecule is N#Cc1c(-n2c3ccccc3c3cc4c(cc32)c2ccccc2n4-c2ccccc2)cc(-n2c3ccccc3c3cc4c(cc32)c2ccccc2n4-c2ccccc2)c(C#N)c1-c1cccnc1. The van der Waals surface area contributed by atoms with Crippen molar-refractivity contribution in [3.8, 4) is 46.0 Å². The first-order valence-electron chi connectivity index (χ1n) is 22.7. The highest BCUT2D eigenvalue weighted by atomic mass is 15.0. The van der Waals surface area contributed by atoms with Crippen LogP contribution >= 0.6 is 0 Å². The van der Waals surface area contributed by atoms with Gasteiger partial charge in [0.1, 0.15) is 12.1 Å². The van der Waals surface area contributed by atoms with E-state index >= 15 is 0 Å². The lowest BCUT2D eigenvalue weighted by Gasteiger charge is -2.20. The van der Waals surface area contributed by atoms with E-state index in [1.54, 1.807) is 12.4 Å². The number of nitriles is 2. The van der Waals surface area contributed by atoms with Gasteiger partial charge in [0.05, 0.1) is 66.6 Å². The van der Waals surface area contributed by atoms with Gasteiger partial charge in [-0.05, 0) is 84.9 Å². The Hall–Kier alpha value is -9.69. The van der Waals surface area contributed by atoms with Crippen molar-refractivity contribution >= 4 is 87.2 Å². The maximum Gasteiger partial charge on any atom is 0.102 e. The summed E-state index contributed by atoms with van der Waals surface area (Å²) < 4.78 is 9.16. The van der Waals surface area contributed by atoms with Gasteiger partial charge in [0.2, 0.25) is 0 Å². The Kier molecular flexibility index (Phi) is 7.98. The predicted octanol–water partition coefficient (Wildman–Crippen LogP) is 14.9. The number of para-hydroxylation sites is 6. The zero-order valence-electron chi connectivity index (χ0n) is 36.3. The summed E-state index contributed by atoms with van der Waals surface area (Å²) in [4.78, 5) is 4.54. The minimum absolute atomic E-state index is 0.391. The number of aromatic nitrogens is 5. The smallest absolute Gasteiger partial charge is 0.102 e. The first-order chi connectivity index (χ1) is 33.7. The van der Waals surface area contributed by atoms with Crippen molar-refractivity contribution in [2.24, 2.45) is 0 Å². The third kappa shape index (κ3) is 5.18. The van der Waals surface area contributed by atoms with Crippen LogP contribution in [0.15, 0.2) is 213 Å². The zero-order chi connectivity index (χ0) is 45.0. The Balaban J connectivity index is 1.14. The maximum absolute atomic E-state index is 11.5. The van der Waals surface area contributed by atoms with Crippen LogP contribution in [-0.4, -0.2) is 23.3 Å². The van der Waals surface area contributed by atoms with Gasteiger partial charge in [-0.2, -0.15) is 10.5 Å². The molecule has 0 N–H and O–H groups in total. The van der Waals surface area contributed by atoms with E-state index in [4.69, 9.17) is 0 Å². The van der Waals surface area contributed by atoms with Crippen molar-refractivity contribution in [1.82, 2.24) is 23.3 Å². The Morgan fingerprint density at radius 2 is 0.676 bits per heavy atom. The second kappa shape index (κ2) is 14.4. The summed E-state index contributed by atoms with van der Waals surface area (Å²) in [6, 6.07) is 75.3. The molecule has 0 radical (unpaired) electrons. The minimum atomic E-state index is 0.391. The molecule has 0 aliphatic rings. The fourth-order valence-electron chi connectivity index (χ4n) is 11.1. The topological polar surface area (TPSA) is 80.2 Å². The molecule has 0 bridgehead atoms. The van der Waals surface area contributed by atoms with Crippen molar-refractivity contribution in [1.29, 1.82) is 10.5 Å². The van der Waals surface area contributed by atoms with Crippen LogP contribution in [0.1, 0.15) is 11.1 Å². The first-order valence-corrected chi connectivity index (χ1v) is 22.7. The number of fused-ring (bicyclic) bond motifs is 12. The number of benzene rings is 9. The van der Waals surface area contributed by atoms with Crippen LogP contribution in [0.2, 0.25) is 0 Å². The van der Waals surface area contributed by atoms with Gasteiger partial charge in [0.15, 0.2) is 0 Å². The van der Waals surface area contributed by atoms with Crippen LogP contribution in [0.4, 0.5) is 0 Å². The molecule has 0 amide bonds. The summed E-state index contributed by atoms with van der Waals surface area (Å²) in [6.07, 6.45) is 3.48. The van der Waals surface area contributed by atoms with E-state index < -0.39 is 0 Å². The minimum Gasteiger partial charge on any atom is -0.309 e. The number of hydrogen-bond donors (Lipinski definition) is 0. The van der Waals surface area contributed by atoms with E-state index in [0.717, 1.165) is 98.6 Å². The van der Waals surface area contributed by atoms with Crippen molar-refractivity contribution in [2.75, 3.05) is 0 Å². The highest BCUT2D eigenvalue weighted by molar-refractivity contribution is 6.21. The van der Waals surface area contributed by atoms with Gasteiger partial charge in [-0.15, -0.1) is 0 Å². The third-order valence-electron chi connectivity index (χ3n) is 13.9. The number of rotatable bonds is 5. The van der Waals surface area contributed by atoms with Crippen LogP contribution in [0.25, 0.3) is 121 Å². The Morgan fingerprint density at radius 1 is 0.324 bits per heavy atom. The molecule has 0 unspecified atom stereocenters. The van der Waals surface area contributed by atoms with Gasteiger partial charge in [-0.3, -0.25) is 4.98 Å². The normalized spacial score (nSPS) is 11.8. The largest absolute Gasteiger partial charge is 0.309 e. The van der Waals surface area contributed by atoms with Crippen LogP contribution in [0.3, 0.4) is 0 Å². The summed E-state index contributed by atoms with van der Waals surface area (Å²) in [5.41, 5.74) is 13.7. The molecular weight excluding hydrogens is 831 g/mol. The van der Waals surface area contributed by atoms with E-state index in [-0.39, 0.29) is 0 Å². The monoisotopic (exact) mass is 865 g/mol. The molecule has 0 saturated carbocycles. The Bertz CT molecular complexity index is 4230. The second-order valence-electron chi connectivity index (χ2n) is 17.4. The van der Waals surface area contributed by atoms with E-state index in [0.29, 0.717) is 33.6 Å². The van der Waals surface area contributed by atoms with Crippen LogP contribution in [0, 0.1) is 22.7 Å². The molecule has 7 heteroatoms. The molecule has 5 aromatic heterocycles. The molecule has 0 aliphatic carbocycles. The second-order valence-corrected chi connectivity index (χ2v) is 17.4. The van der Waals surface area contributed by atoms with Gasteiger partial charge in [0.25, 0.3) is 0 Å². The first kappa shape index (κ1) is 37.7. The molecule has 314 valence electrons. The highest BCUT2D eigenvalue weighted by Gasteiger charge is 2.28. The molecule has 9 aromatic carbocycles. The zero-order valence-corrected chi connectivity index (χ0v) is 36.3. The van der Waals surface area contributed by atoms with Crippen LogP contribution < -0.4 is 0 Å². The molecule has 14 rings (SSSR count). The molecule has 7 nitrogen and oxygen atoms in total. The maximum atomic E-state index is 11.5. The fourth-order valence-corrected chi connectivity index (χ4v) is 11.1. The summed E-state index contributed by atoms with van der Waals surface area (Å²) >= 11 is 0. The quantitative estimate of drug-likeness (QED) is 0.173. The standard InChI is InChI=1S/C61H35N7/c62-35-49-59(67-53-27-13-9-23-43(53)47-30-55-45(32-57(47)67)41-21-7-11-25-51(41)65(55)39-17-3-1-4-18-39)34-60(50(36-63)61(49)38-16-15-29-64-37-38)68-54-28-14-10-24-44(54)48-31-56-46(33-58(48)68)42-22-8-12-26-52(42)66(56)40-19-5-2-6-20-40/h1-34,37H. The van der Waals surface area contributed by atoms with E-state index in [9.17, 15) is 10.5 Å². The molecule has 14 aromatic rings. The van der Waals surface area contributed by atoms with Crippen LogP contribution in [0.5, 0.6) is 0 Å². The van der Waals surface area contributed by atoms with Gasteiger partial charge >= 0.3 is 0 Å². The molecule has 68 heavy (non-hydrogen) atoms. The van der Waals surface area contributed by atoms with Gasteiger partial charge in [-0.1, -0.05) is 115 Å².